The largest absolute Gasteiger partial charge is 0.314 e. The monoisotopic (exact) mass is 210 g/mol. The molecule has 0 aliphatic carbocycles. The molecule has 74 valence electrons. The van der Waals surface area contributed by atoms with E-state index in [1.807, 2.05) is 12.1 Å². The average molecular weight is 211 g/mol. The summed E-state index contributed by atoms with van der Waals surface area (Å²) in [6.45, 7) is 1.06. The van der Waals surface area contributed by atoms with Crippen LogP contribution in [0.5, 0.6) is 0 Å². The Bertz CT molecular complexity index is 378. The lowest BCUT2D eigenvalue weighted by atomic mass is 10.1. The van der Waals surface area contributed by atoms with Gasteiger partial charge in [0.05, 0.1) is 6.54 Å². The summed E-state index contributed by atoms with van der Waals surface area (Å²) < 4.78 is 0. The van der Waals surface area contributed by atoms with E-state index in [2.05, 4.69) is 5.32 Å². The van der Waals surface area contributed by atoms with E-state index in [-0.39, 0.29) is 5.91 Å². The van der Waals surface area contributed by atoms with Crippen LogP contribution in [-0.2, 0) is 11.3 Å². The van der Waals surface area contributed by atoms with Crippen LogP contribution in [-0.4, -0.2) is 19.5 Å². The summed E-state index contributed by atoms with van der Waals surface area (Å²) in [5, 5.41) is 3.76. The van der Waals surface area contributed by atoms with Crippen molar-refractivity contribution in [3.05, 3.63) is 28.8 Å². The van der Waals surface area contributed by atoms with Crippen LogP contribution >= 0.6 is 11.6 Å². The number of anilines is 1. The van der Waals surface area contributed by atoms with Crippen molar-refractivity contribution in [2.45, 2.75) is 6.54 Å². The van der Waals surface area contributed by atoms with E-state index in [4.69, 9.17) is 11.6 Å². The maximum atomic E-state index is 11.5. The number of nitrogens with zero attached hydrogens (tertiary/aromatic N) is 1. The second-order valence-electron chi connectivity index (χ2n) is 3.33. The molecule has 0 saturated carbocycles. The summed E-state index contributed by atoms with van der Waals surface area (Å²) in [4.78, 5) is 13.2. The van der Waals surface area contributed by atoms with Crippen molar-refractivity contribution < 1.29 is 4.79 Å². The Labute approximate surface area is 87.7 Å². The van der Waals surface area contributed by atoms with Gasteiger partial charge in [-0.2, -0.15) is 0 Å². The quantitative estimate of drug-likeness (QED) is 0.702. The van der Waals surface area contributed by atoms with Crippen molar-refractivity contribution in [1.29, 1.82) is 0 Å². The Hall–Kier alpha value is -1.06. The molecule has 1 aromatic carbocycles. The lowest BCUT2D eigenvalue weighted by Gasteiger charge is -2.16. The van der Waals surface area contributed by atoms with E-state index in [0.717, 1.165) is 11.3 Å². The minimum Gasteiger partial charge on any atom is -0.314 e. The van der Waals surface area contributed by atoms with Crippen molar-refractivity contribution in [2.75, 3.05) is 18.5 Å². The van der Waals surface area contributed by atoms with Gasteiger partial charge in [-0.3, -0.25) is 4.79 Å². The number of halogens is 1. The van der Waals surface area contributed by atoms with Gasteiger partial charge in [-0.25, -0.2) is 0 Å². The smallest absolute Gasteiger partial charge is 0.240 e. The van der Waals surface area contributed by atoms with E-state index in [1.54, 1.807) is 18.0 Å². The summed E-state index contributed by atoms with van der Waals surface area (Å²) in [6.07, 6.45) is 0. The number of benzene rings is 1. The van der Waals surface area contributed by atoms with Crippen LogP contribution in [0.4, 0.5) is 5.69 Å². The zero-order valence-corrected chi connectivity index (χ0v) is 8.64. The standard InChI is InChI=1S/C10H11ClN2O/c1-13-9-3-2-8(11)4-7(9)5-12-6-10(13)14/h2-4,12H,5-6H2,1H3. The van der Waals surface area contributed by atoms with Crippen LogP contribution < -0.4 is 10.2 Å². The molecule has 1 aliphatic heterocycles. The number of likely N-dealkylation sites (N-methyl/N-ethyl adjacent to an activating group) is 1. The van der Waals surface area contributed by atoms with Gasteiger partial charge < -0.3 is 10.2 Å². The van der Waals surface area contributed by atoms with Crippen LogP contribution in [0.3, 0.4) is 0 Å². The fourth-order valence-electron chi connectivity index (χ4n) is 1.58. The third-order valence-corrected chi connectivity index (χ3v) is 2.60. The molecular weight excluding hydrogens is 200 g/mol. The first-order valence-electron chi connectivity index (χ1n) is 4.44. The van der Waals surface area contributed by atoms with Gasteiger partial charge in [0.2, 0.25) is 5.91 Å². The van der Waals surface area contributed by atoms with Crippen LogP contribution in [0.1, 0.15) is 5.56 Å². The van der Waals surface area contributed by atoms with Crippen molar-refractivity contribution in [2.24, 2.45) is 0 Å². The van der Waals surface area contributed by atoms with E-state index >= 15 is 0 Å². The van der Waals surface area contributed by atoms with Gasteiger partial charge in [0.25, 0.3) is 0 Å². The van der Waals surface area contributed by atoms with Crippen LogP contribution in [0.15, 0.2) is 18.2 Å². The molecule has 0 unspecified atom stereocenters. The molecule has 0 spiro atoms. The Morgan fingerprint density at radius 3 is 3.00 bits per heavy atom. The molecule has 0 radical (unpaired) electrons. The number of amides is 1. The first kappa shape index (κ1) is 9.49. The molecule has 0 aromatic heterocycles. The molecule has 4 heteroatoms. The van der Waals surface area contributed by atoms with Crippen molar-refractivity contribution in [3.8, 4) is 0 Å². The van der Waals surface area contributed by atoms with Crippen LogP contribution in [0.25, 0.3) is 0 Å². The minimum atomic E-state index is 0.0751. The first-order chi connectivity index (χ1) is 6.68. The molecule has 0 bridgehead atoms. The number of hydrogen-bond acceptors (Lipinski definition) is 2. The third-order valence-electron chi connectivity index (χ3n) is 2.37. The Morgan fingerprint density at radius 2 is 2.21 bits per heavy atom. The molecule has 1 N–H and O–H groups in total. The zero-order chi connectivity index (χ0) is 10.1. The molecule has 14 heavy (non-hydrogen) atoms. The predicted octanol–water partition coefficient (Wildman–Crippen LogP) is 1.41. The van der Waals surface area contributed by atoms with Gasteiger partial charge >= 0.3 is 0 Å². The van der Waals surface area contributed by atoms with E-state index < -0.39 is 0 Å². The van der Waals surface area contributed by atoms with Crippen LogP contribution in [0.2, 0.25) is 5.02 Å². The van der Waals surface area contributed by atoms with Crippen molar-refractivity contribution in [3.63, 3.8) is 0 Å². The normalized spacial score (nSPS) is 16.4. The summed E-state index contributed by atoms with van der Waals surface area (Å²) >= 11 is 5.88. The Morgan fingerprint density at radius 1 is 1.43 bits per heavy atom. The topological polar surface area (TPSA) is 32.3 Å². The van der Waals surface area contributed by atoms with Crippen molar-refractivity contribution in [1.82, 2.24) is 5.32 Å². The molecule has 0 atom stereocenters. The number of fused-ring (bicyclic) bond motifs is 1. The van der Waals surface area contributed by atoms with Gasteiger partial charge in [0.1, 0.15) is 0 Å². The van der Waals surface area contributed by atoms with Gasteiger partial charge in [-0.1, -0.05) is 11.6 Å². The van der Waals surface area contributed by atoms with Gasteiger partial charge in [-0.15, -0.1) is 0 Å². The molecule has 1 amide bonds. The van der Waals surface area contributed by atoms with Gasteiger partial charge in [-0.05, 0) is 23.8 Å². The molecule has 1 heterocycles. The highest BCUT2D eigenvalue weighted by Gasteiger charge is 2.17. The third kappa shape index (κ3) is 1.61. The fraction of sp³-hybridized carbons (Fsp3) is 0.300. The molecule has 1 aromatic rings. The molecule has 2 rings (SSSR count). The van der Waals surface area contributed by atoms with Crippen molar-refractivity contribution >= 4 is 23.2 Å². The first-order valence-corrected chi connectivity index (χ1v) is 4.82. The average Bonchev–Trinajstić information content (AvgIpc) is 2.28. The summed E-state index contributed by atoms with van der Waals surface area (Å²) in [5.74, 6) is 0.0751. The van der Waals surface area contributed by atoms with E-state index in [1.165, 1.54) is 0 Å². The maximum absolute atomic E-state index is 11.5. The zero-order valence-electron chi connectivity index (χ0n) is 7.88. The molecular formula is C10H11ClN2O. The molecule has 1 aliphatic rings. The predicted molar refractivity (Wildman–Crippen MR) is 56.6 cm³/mol. The maximum Gasteiger partial charge on any atom is 0.240 e. The highest BCUT2D eigenvalue weighted by Crippen LogP contribution is 2.24. The SMILES string of the molecule is CN1C(=O)CNCc2cc(Cl)ccc21. The Kier molecular flexibility index (Phi) is 2.44. The molecule has 3 nitrogen and oxygen atoms in total. The van der Waals surface area contributed by atoms with E-state index in [0.29, 0.717) is 18.1 Å². The fourth-order valence-corrected chi connectivity index (χ4v) is 1.77. The number of rotatable bonds is 0. The number of nitrogens with one attached hydrogen (secondary N) is 1. The second-order valence-corrected chi connectivity index (χ2v) is 3.77. The summed E-state index contributed by atoms with van der Waals surface area (Å²) in [6, 6.07) is 5.57. The highest BCUT2D eigenvalue weighted by atomic mass is 35.5. The van der Waals surface area contributed by atoms with Gasteiger partial charge in [0.15, 0.2) is 0 Å². The minimum absolute atomic E-state index is 0.0751. The molecule has 0 fully saturated rings. The van der Waals surface area contributed by atoms with Gasteiger partial charge in [0, 0.05) is 24.3 Å². The Balaban J connectivity index is 2.48. The summed E-state index contributed by atoms with van der Waals surface area (Å²) in [7, 11) is 1.78. The number of hydrogen-bond donors (Lipinski definition) is 1. The lowest BCUT2D eigenvalue weighted by Crippen LogP contribution is -2.32. The lowest BCUT2D eigenvalue weighted by molar-refractivity contribution is -0.117. The molecule has 0 saturated heterocycles. The number of carbonyl (C=O) groups is 1. The second kappa shape index (κ2) is 3.59. The highest BCUT2D eigenvalue weighted by molar-refractivity contribution is 6.30. The number of carbonyl (C=O) groups excluding carboxylic acids is 1. The van der Waals surface area contributed by atoms with Crippen LogP contribution in [0, 0.1) is 0 Å². The van der Waals surface area contributed by atoms with E-state index in [9.17, 15) is 4.79 Å². The summed E-state index contributed by atoms with van der Waals surface area (Å²) in [5.41, 5.74) is 2.00.